The minimum absolute atomic E-state index is 0.0442. The molecule has 1 N–H and O–H groups in total. The number of aromatic nitrogens is 1. The molecule has 0 unspecified atom stereocenters. The van der Waals surface area contributed by atoms with E-state index in [1.807, 2.05) is 0 Å². The average molecular weight is 264 g/mol. The molecule has 1 aliphatic rings. The first-order chi connectivity index (χ1) is 9.08. The molecule has 4 nitrogen and oxygen atoms in total. The van der Waals surface area contributed by atoms with Crippen molar-refractivity contribution in [3.05, 3.63) is 47.1 Å². The van der Waals surface area contributed by atoms with E-state index >= 15 is 0 Å². The molecule has 19 heavy (non-hydrogen) atoms. The first-order valence-electron chi connectivity index (χ1n) is 5.60. The minimum atomic E-state index is -1.10. The van der Waals surface area contributed by atoms with Crippen LogP contribution in [0.2, 0.25) is 0 Å². The molecule has 2 aromatic rings. The summed E-state index contributed by atoms with van der Waals surface area (Å²) in [7, 11) is 0. The van der Waals surface area contributed by atoms with E-state index in [0.717, 1.165) is 5.56 Å². The number of pyridine rings is 1. The number of nitrogens with one attached hydrogen (secondary N) is 1. The third kappa shape index (κ3) is 1.76. The third-order valence-corrected chi connectivity index (χ3v) is 2.88. The second kappa shape index (κ2) is 4.08. The Morgan fingerprint density at radius 1 is 1.21 bits per heavy atom. The van der Waals surface area contributed by atoms with Crippen LogP contribution in [0.3, 0.4) is 0 Å². The Morgan fingerprint density at radius 3 is 2.79 bits per heavy atom. The Balaban J connectivity index is 2.29. The fourth-order valence-corrected chi connectivity index (χ4v) is 1.95. The van der Waals surface area contributed by atoms with Crippen LogP contribution in [-0.2, 0) is 0 Å². The zero-order chi connectivity index (χ0) is 13.6. The van der Waals surface area contributed by atoms with Gasteiger partial charge in [0.1, 0.15) is 5.49 Å². The van der Waals surface area contributed by atoms with Crippen LogP contribution >= 0.6 is 0 Å². The van der Waals surface area contributed by atoms with Gasteiger partial charge in [-0.1, -0.05) is 6.07 Å². The van der Waals surface area contributed by atoms with Gasteiger partial charge >= 0.3 is 0 Å². The molecule has 2 heterocycles. The normalized spacial score (nSPS) is 12.8. The molecular weight excluding hydrogens is 254 g/mol. The summed E-state index contributed by atoms with van der Waals surface area (Å²) in [6.45, 7) is 1.67. The van der Waals surface area contributed by atoms with Gasteiger partial charge in [0.05, 0.1) is 5.69 Å². The molecule has 0 bridgehead atoms. The number of halogens is 2. The molecule has 98 valence electrons. The first-order valence-corrected chi connectivity index (χ1v) is 5.60. The summed E-state index contributed by atoms with van der Waals surface area (Å²) in [5.74, 6) is -2.24. The molecule has 0 radical (unpaired) electrons. The summed E-state index contributed by atoms with van der Waals surface area (Å²) < 4.78 is 39.1. The zero-order valence-corrected chi connectivity index (χ0v) is 10.0. The van der Waals surface area contributed by atoms with Crippen molar-refractivity contribution in [2.24, 2.45) is 0 Å². The monoisotopic (exact) mass is 264 g/mol. The number of hydrogen-bond acceptors (Lipinski definition) is 3. The Kier molecular flexibility index (Phi) is 2.51. The van der Waals surface area contributed by atoms with Gasteiger partial charge in [0.2, 0.25) is 18.4 Å². The zero-order valence-electron chi connectivity index (χ0n) is 10.0. The fraction of sp³-hybridized carbons (Fsp3) is 0.154. The van der Waals surface area contributed by atoms with Gasteiger partial charge in [0.15, 0.2) is 11.6 Å². The van der Waals surface area contributed by atoms with Gasteiger partial charge in [-0.05, 0) is 18.6 Å². The Hall–Kier alpha value is -2.37. The molecule has 0 spiro atoms. The van der Waals surface area contributed by atoms with Gasteiger partial charge in [0, 0.05) is 12.3 Å². The predicted molar refractivity (Wildman–Crippen MR) is 62.4 cm³/mol. The molecule has 1 aromatic heterocycles. The van der Waals surface area contributed by atoms with Crippen molar-refractivity contribution in [3.63, 3.8) is 0 Å². The van der Waals surface area contributed by atoms with Gasteiger partial charge in [0.25, 0.3) is 0 Å². The van der Waals surface area contributed by atoms with E-state index in [-0.39, 0.29) is 29.5 Å². The van der Waals surface area contributed by atoms with Crippen LogP contribution in [0.5, 0.6) is 11.5 Å². The van der Waals surface area contributed by atoms with Gasteiger partial charge in [-0.25, -0.2) is 4.39 Å². The van der Waals surface area contributed by atoms with Crippen molar-refractivity contribution in [3.8, 4) is 17.2 Å². The highest BCUT2D eigenvalue weighted by atomic mass is 19.2. The quantitative estimate of drug-likeness (QED) is 0.858. The summed E-state index contributed by atoms with van der Waals surface area (Å²) in [5, 5.41) is 7.77. The second-order valence-electron chi connectivity index (χ2n) is 4.22. The van der Waals surface area contributed by atoms with Crippen LogP contribution in [0.25, 0.3) is 5.69 Å². The topological polar surface area (TPSA) is 47.2 Å². The Labute approximate surface area is 107 Å². The van der Waals surface area contributed by atoms with Crippen molar-refractivity contribution in [1.29, 1.82) is 5.41 Å². The summed E-state index contributed by atoms with van der Waals surface area (Å²) in [6.07, 6.45) is 1.56. The van der Waals surface area contributed by atoms with E-state index in [4.69, 9.17) is 14.9 Å². The molecule has 0 atom stereocenters. The van der Waals surface area contributed by atoms with Crippen molar-refractivity contribution in [1.82, 2.24) is 4.57 Å². The SMILES string of the molecule is Cc1ccc(=N)n(-c2cc3c(c(F)c2F)OCO3)c1. The lowest BCUT2D eigenvalue weighted by atomic mass is 10.2. The highest BCUT2D eigenvalue weighted by Gasteiger charge is 2.25. The van der Waals surface area contributed by atoms with Crippen molar-refractivity contribution in [2.45, 2.75) is 6.92 Å². The number of hydrogen-bond donors (Lipinski definition) is 1. The maximum absolute atomic E-state index is 14.0. The highest BCUT2D eigenvalue weighted by Crippen LogP contribution is 2.38. The van der Waals surface area contributed by atoms with E-state index in [9.17, 15) is 8.78 Å². The predicted octanol–water partition coefficient (Wildman–Crippen LogP) is 2.27. The molecular formula is C13H10F2N2O2. The summed E-state index contributed by atoms with van der Waals surface area (Å²) in [5.41, 5.74) is 0.798. The number of benzene rings is 1. The minimum Gasteiger partial charge on any atom is -0.453 e. The molecule has 0 fully saturated rings. The largest absolute Gasteiger partial charge is 0.453 e. The van der Waals surface area contributed by atoms with E-state index < -0.39 is 11.6 Å². The van der Waals surface area contributed by atoms with E-state index in [0.29, 0.717) is 0 Å². The van der Waals surface area contributed by atoms with Crippen molar-refractivity contribution in [2.75, 3.05) is 6.79 Å². The van der Waals surface area contributed by atoms with Crippen molar-refractivity contribution >= 4 is 0 Å². The molecule has 3 rings (SSSR count). The van der Waals surface area contributed by atoms with Crippen LogP contribution in [0.15, 0.2) is 24.4 Å². The molecule has 1 aromatic carbocycles. The molecule has 0 aliphatic carbocycles. The lowest BCUT2D eigenvalue weighted by molar-refractivity contribution is 0.170. The maximum atomic E-state index is 14.0. The number of fused-ring (bicyclic) bond motifs is 1. The molecule has 0 amide bonds. The van der Waals surface area contributed by atoms with Crippen LogP contribution in [0, 0.1) is 24.0 Å². The highest BCUT2D eigenvalue weighted by molar-refractivity contribution is 5.52. The number of ether oxygens (including phenoxy) is 2. The van der Waals surface area contributed by atoms with Crippen molar-refractivity contribution < 1.29 is 18.3 Å². The summed E-state index contributed by atoms with van der Waals surface area (Å²) in [6, 6.07) is 4.57. The smallest absolute Gasteiger partial charge is 0.231 e. The van der Waals surface area contributed by atoms with Gasteiger partial charge in [-0.2, -0.15) is 4.39 Å². The molecule has 0 saturated carbocycles. The van der Waals surface area contributed by atoms with E-state index in [1.165, 1.54) is 16.7 Å². The summed E-state index contributed by atoms with van der Waals surface area (Å²) in [4.78, 5) is 0. The van der Waals surface area contributed by atoms with Gasteiger partial charge in [-0.15, -0.1) is 0 Å². The molecule has 1 aliphatic heterocycles. The Morgan fingerprint density at radius 2 is 2.00 bits per heavy atom. The number of rotatable bonds is 1. The molecule has 0 saturated heterocycles. The Bertz CT molecular complexity index is 725. The lowest BCUT2D eigenvalue weighted by Gasteiger charge is -2.11. The van der Waals surface area contributed by atoms with Gasteiger partial charge in [-0.3, -0.25) is 9.98 Å². The average Bonchev–Trinajstić information content (AvgIpc) is 2.85. The second-order valence-corrected chi connectivity index (χ2v) is 4.22. The first kappa shape index (κ1) is 11.7. The van der Waals surface area contributed by atoms with Crippen LogP contribution in [-0.4, -0.2) is 11.4 Å². The van der Waals surface area contributed by atoms with Crippen LogP contribution in [0.4, 0.5) is 8.78 Å². The van der Waals surface area contributed by atoms with Crippen LogP contribution in [0.1, 0.15) is 5.56 Å². The number of aryl methyl sites for hydroxylation is 1. The lowest BCUT2D eigenvalue weighted by Crippen LogP contribution is -2.18. The molecule has 6 heteroatoms. The van der Waals surface area contributed by atoms with Gasteiger partial charge < -0.3 is 9.47 Å². The van der Waals surface area contributed by atoms with E-state index in [2.05, 4.69) is 0 Å². The number of nitrogens with zero attached hydrogens (tertiary/aromatic N) is 1. The van der Waals surface area contributed by atoms with Crippen LogP contribution < -0.4 is 15.0 Å². The third-order valence-electron chi connectivity index (χ3n) is 2.88. The summed E-state index contributed by atoms with van der Waals surface area (Å²) >= 11 is 0. The maximum Gasteiger partial charge on any atom is 0.231 e. The standard InChI is InChI=1S/C13H10F2N2O2/c1-7-2-3-10(16)17(5-7)8-4-9-13(19-6-18-9)12(15)11(8)14/h2-5,16H,6H2,1H3. The van der Waals surface area contributed by atoms with E-state index in [1.54, 1.807) is 19.2 Å². The fourth-order valence-electron chi connectivity index (χ4n) is 1.95.